The van der Waals surface area contributed by atoms with Gasteiger partial charge in [-0.2, -0.15) is 0 Å². The maximum absolute atomic E-state index is 12.3. The van der Waals surface area contributed by atoms with Crippen molar-refractivity contribution in [2.45, 2.75) is 32.2 Å². The van der Waals surface area contributed by atoms with E-state index in [-0.39, 0.29) is 31.0 Å². The quantitative estimate of drug-likeness (QED) is 0.846. The van der Waals surface area contributed by atoms with E-state index in [1.807, 2.05) is 24.3 Å². The molecule has 1 aliphatic rings. The van der Waals surface area contributed by atoms with Crippen LogP contribution in [0.5, 0.6) is 0 Å². The zero-order valence-corrected chi connectivity index (χ0v) is 13.4. The van der Waals surface area contributed by atoms with Gasteiger partial charge in [0, 0.05) is 18.1 Å². The molecule has 1 saturated heterocycles. The minimum Gasteiger partial charge on any atom is -0.466 e. The monoisotopic (exact) mass is 324 g/mol. The number of carbonyl (C=O) groups excluding carboxylic acids is 2. The van der Waals surface area contributed by atoms with Crippen LogP contribution in [0.1, 0.15) is 37.8 Å². The highest BCUT2D eigenvalue weighted by molar-refractivity contribution is 6.31. The molecular formula is C16H21ClN2O3. The van der Waals surface area contributed by atoms with E-state index < -0.39 is 0 Å². The summed E-state index contributed by atoms with van der Waals surface area (Å²) in [6, 6.07) is 7.44. The van der Waals surface area contributed by atoms with Crippen LogP contribution >= 0.6 is 11.6 Å². The van der Waals surface area contributed by atoms with Crippen molar-refractivity contribution >= 4 is 23.6 Å². The topological polar surface area (TPSA) is 58.6 Å². The van der Waals surface area contributed by atoms with Crippen LogP contribution < -0.4 is 5.32 Å². The van der Waals surface area contributed by atoms with Gasteiger partial charge in [0.15, 0.2) is 0 Å². The van der Waals surface area contributed by atoms with Gasteiger partial charge < -0.3 is 15.0 Å². The van der Waals surface area contributed by atoms with Crippen LogP contribution in [0, 0.1) is 0 Å². The molecule has 1 fully saturated rings. The number of halogens is 1. The van der Waals surface area contributed by atoms with Gasteiger partial charge in [-0.1, -0.05) is 29.8 Å². The molecule has 2 rings (SSSR count). The Hall–Kier alpha value is -1.75. The molecule has 0 bridgehead atoms. The molecule has 6 heteroatoms. The summed E-state index contributed by atoms with van der Waals surface area (Å²) >= 11 is 6.24. The third kappa shape index (κ3) is 4.13. The highest BCUT2D eigenvalue weighted by atomic mass is 35.5. The molecule has 0 spiro atoms. The van der Waals surface area contributed by atoms with Gasteiger partial charge >= 0.3 is 12.0 Å². The summed E-state index contributed by atoms with van der Waals surface area (Å²) in [5, 5.41) is 3.46. The summed E-state index contributed by atoms with van der Waals surface area (Å²) < 4.78 is 4.83. The van der Waals surface area contributed by atoms with Gasteiger partial charge in [-0.05, 0) is 31.4 Å². The van der Waals surface area contributed by atoms with Crippen molar-refractivity contribution in [1.29, 1.82) is 0 Å². The molecule has 0 radical (unpaired) electrons. The van der Waals surface area contributed by atoms with Gasteiger partial charge in [0.25, 0.3) is 0 Å². The Bertz CT molecular complexity index is 536. The number of benzene rings is 1. The van der Waals surface area contributed by atoms with Crippen molar-refractivity contribution in [1.82, 2.24) is 10.2 Å². The summed E-state index contributed by atoms with van der Waals surface area (Å²) in [6.07, 6.45) is 2.03. The van der Waals surface area contributed by atoms with Crippen LogP contribution in [-0.2, 0) is 9.53 Å². The number of esters is 1. The van der Waals surface area contributed by atoms with Gasteiger partial charge in [-0.3, -0.25) is 4.79 Å². The molecule has 1 N–H and O–H groups in total. The summed E-state index contributed by atoms with van der Waals surface area (Å²) in [5.74, 6) is -0.299. The zero-order valence-electron chi connectivity index (χ0n) is 12.7. The number of nitrogens with one attached hydrogen (secondary N) is 1. The van der Waals surface area contributed by atoms with Gasteiger partial charge in [-0.15, -0.1) is 0 Å². The standard InChI is InChI=1S/C16H21ClN2O3/c1-2-22-15(20)9-10-18-16(21)19-11-5-8-14(19)12-6-3-4-7-13(12)17/h3-4,6-7,14H,2,5,8-11H2,1H3,(H,18,21)/t14-/m1/s1. The average molecular weight is 325 g/mol. The number of ether oxygens (including phenoxy) is 1. The second kappa shape index (κ2) is 8.03. The van der Waals surface area contributed by atoms with Crippen LogP contribution in [0.2, 0.25) is 5.02 Å². The molecule has 1 atom stereocenters. The normalized spacial score (nSPS) is 17.4. The summed E-state index contributed by atoms with van der Waals surface area (Å²) in [7, 11) is 0. The number of likely N-dealkylation sites (tertiary alicyclic amines) is 1. The lowest BCUT2D eigenvalue weighted by atomic mass is 10.0. The maximum Gasteiger partial charge on any atom is 0.317 e. The first kappa shape index (κ1) is 16.6. The van der Waals surface area contributed by atoms with Gasteiger partial charge in [0.1, 0.15) is 0 Å². The molecule has 0 aliphatic carbocycles. The van der Waals surface area contributed by atoms with Crippen molar-refractivity contribution in [3.63, 3.8) is 0 Å². The number of nitrogens with zero attached hydrogens (tertiary/aromatic N) is 1. The van der Waals surface area contributed by atoms with Crippen molar-refractivity contribution < 1.29 is 14.3 Å². The molecule has 1 aliphatic heterocycles. The molecule has 0 saturated carbocycles. The summed E-state index contributed by atoms with van der Waals surface area (Å²) in [6.45, 7) is 3.09. The molecule has 1 heterocycles. The van der Waals surface area contributed by atoms with E-state index in [1.54, 1.807) is 11.8 Å². The number of rotatable bonds is 5. The van der Waals surface area contributed by atoms with E-state index >= 15 is 0 Å². The smallest absolute Gasteiger partial charge is 0.317 e. The maximum atomic E-state index is 12.3. The Morgan fingerprint density at radius 3 is 2.91 bits per heavy atom. The summed E-state index contributed by atoms with van der Waals surface area (Å²) in [5.41, 5.74) is 0.974. The SMILES string of the molecule is CCOC(=O)CCNC(=O)N1CCC[C@@H]1c1ccccc1Cl. The Morgan fingerprint density at radius 2 is 2.18 bits per heavy atom. The fraction of sp³-hybridized carbons (Fsp3) is 0.500. The van der Waals surface area contributed by atoms with Crippen LogP contribution in [0.3, 0.4) is 0 Å². The van der Waals surface area contributed by atoms with Crippen molar-refractivity contribution in [3.8, 4) is 0 Å². The molecule has 1 aromatic rings. The number of carbonyl (C=O) groups is 2. The largest absolute Gasteiger partial charge is 0.466 e. The second-order valence-corrected chi connectivity index (χ2v) is 5.57. The second-order valence-electron chi connectivity index (χ2n) is 5.16. The molecule has 1 aromatic carbocycles. The third-order valence-corrected chi connectivity index (χ3v) is 4.03. The molecule has 5 nitrogen and oxygen atoms in total. The van der Waals surface area contributed by atoms with Crippen LogP contribution in [-0.4, -0.2) is 36.6 Å². The van der Waals surface area contributed by atoms with E-state index in [2.05, 4.69) is 5.32 Å². The lowest BCUT2D eigenvalue weighted by molar-refractivity contribution is -0.142. The average Bonchev–Trinajstić information content (AvgIpc) is 2.97. The van der Waals surface area contributed by atoms with Crippen LogP contribution in [0.15, 0.2) is 24.3 Å². The van der Waals surface area contributed by atoms with Crippen LogP contribution in [0.4, 0.5) is 4.79 Å². The molecule has 2 amide bonds. The predicted octanol–water partition coefficient (Wildman–Crippen LogP) is 3.14. The van der Waals surface area contributed by atoms with Crippen LogP contribution in [0.25, 0.3) is 0 Å². The molecule has 120 valence electrons. The number of hydrogen-bond donors (Lipinski definition) is 1. The minimum absolute atomic E-state index is 0.00343. The molecule has 0 aromatic heterocycles. The van der Waals surface area contributed by atoms with Crippen molar-refractivity contribution in [3.05, 3.63) is 34.9 Å². The molecular weight excluding hydrogens is 304 g/mol. The first-order chi connectivity index (χ1) is 10.6. The van der Waals surface area contributed by atoms with E-state index in [0.717, 1.165) is 18.4 Å². The van der Waals surface area contributed by atoms with E-state index in [4.69, 9.17) is 16.3 Å². The Balaban J connectivity index is 1.92. The number of urea groups is 1. The lowest BCUT2D eigenvalue weighted by Crippen LogP contribution is -2.40. The van der Waals surface area contributed by atoms with Gasteiger partial charge in [0.2, 0.25) is 0 Å². The van der Waals surface area contributed by atoms with E-state index in [9.17, 15) is 9.59 Å². The number of amides is 2. The van der Waals surface area contributed by atoms with E-state index in [1.165, 1.54) is 0 Å². The zero-order chi connectivity index (χ0) is 15.9. The van der Waals surface area contributed by atoms with Gasteiger partial charge in [0.05, 0.1) is 19.1 Å². The Morgan fingerprint density at radius 1 is 1.41 bits per heavy atom. The first-order valence-corrected chi connectivity index (χ1v) is 7.95. The van der Waals surface area contributed by atoms with E-state index in [0.29, 0.717) is 18.2 Å². The van der Waals surface area contributed by atoms with Crippen molar-refractivity contribution in [2.24, 2.45) is 0 Å². The summed E-state index contributed by atoms with van der Waals surface area (Å²) in [4.78, 5) is 25.4. The number of hydrogen-bond acceptors (Lipinski definition) is 3. The Kier molecular flexibility index (Phi) is 6.07. The highest BCUT2D eigenvalue weighted by Gasteiger charge is 2.30. The molecule has 22 heavy (non-hydrogen) atoms. The fourth-order valence-corrected chi connectivity index (χ4v) is 2.95. The minimum atomic E-state index is -0.299. The predicted molar refractivity (Wildman–Crippen MR) is 84.8 cm³/mol. The van der Waals surface area contributed by atoms with Crippen molar-refractivity contribution in [2.75, 3.05) is 19.7 Å². The molecule has 0 unspecified atom stereocenters. The third-order valence-electron chi connectivity index (χ3n) is 3.69. The Labute approximate surface area is 135 Å². The lowest BCUT2D eigenvalue weighted by Gasteiger charge is -2.26. The van der Waals surface area contributed by atoms with Gasteiger partial charge in [-0.25, -0.2) is 4.79 Å². The highest BCUT2D eigenvalue weighted by Crippen LogP contribution is 2.35. The first-order valence-electron chi connectivity index (χ1n) is 7.58. The fourth-order valence-electron chi connectivity index (χ4n) is 2.68.